The van der Waals surface area contributed by atoms with Gasteiger partial charge in [0, 0.05) is 13.0 Å². The Morgan fingerprint density at radius 1 is 0.740 bits per heavy atom. The molecule has 3 unspecified atom stereocenters. The van der Waals surface area contributed by atoms with Gasteiger partial charge in [-0.3, -0.25) is 9.59 Å². The molecule has 278 valence electrons. The first-order valence-corrected chi connectivity index (χ1v) is 18.3. The third-order valence-corrected chi connectivity index (χ3v) is 8.07. The van der Waals surface area contributed by atoms with E-state index in [1.54, 1.807) is 46.4 Å². The van der Waals surface area contributed by atoms with Crippen LogP contribution >= 0.6 is 0 Å². The third kappa shape index (κ3) is 15.3. The summed E-state index contributed by atoms with van der Waals surface area (Å²) in [6, 6.07) is 13.9. The first-order valence-electron chi connectivity index (χ1n) is 18.3. The molecule has 9 nitrogen and oxygen atoms in total. The summed E-state index contributed by atoms with van der Waals surface area (Å²) in [6.07, 6.45) is 5.79. The molecule has 0 aliphatic heterocycles. The van der Waals surface area contributed by atoms with Crippen molar-refractivity contribution in [2.45, 2.75) is 150 Å². The van der Waals surface area contributed by atoms with Crippen LogP contribution in [0.15, 0.2) is 54.6 Å². The van der Waals surface area contributed by atoms with Gasteiger partial charge in [0.2, 0.25) is 11.8 Å². The maximum atomic E-state index is 14.8. The van der Waals surface area contributed by atoms with Crippen LogP contribution in [0.25, 0.3) is 0 Å². The summed E-state index contributed by atoms with van der Waals surface area (Å²) in [7, 11) is 0. The average Bonchev–Trinajstić information content (AvgIpc) is 3.00. The van der Waals surface area contributed by atoms with Crippen molar-refractivity contribution in [2.75, 3.05) is 6.54 Å². The zero-order valence-electron chi connectivity index (χ0n) is 32.3. The Morgan fingerprint density at radius 3 is 1.90 bits per heavy atom. The largest absolute Gasteiger partial charge is 0.458 e. The van der Waals surface area contributed by atoms with E-state index in [-0.39, 0.29) is 24.8 Å². The van der Waals surface area contributed by atoms with Gasteiger partial charge in [-0.15, -0.1) is 0 Å². The van der Waals surface area contributed by atoms with Crippen LogP contribution < -0.4 is 10.6 Å². The zero-order chi connectivity index (χ0) is 37.5. The van der Waals surface area contributed by atoms with Crippen LogP contribution in [0.4, 0.5) is 4.79 Å². The summed E-state index contributed by atoms with van der Waals surface area (Å²) in [4.78, 5) is 57.7. The number of amides is 3. The smallest absolute Gasteiger partial charge is 0.408 e. The fourth-order valence-corrected chi connectivity index (χ4v) is 5.78. The van der Waals surface area contributed by atoms with Crippen molar-refractivity contribution < 1.29 is 28.7 Å². The third-order valence-electron chi connectivity index (χ3n) is 8.07. The molecule has 0 fully saturated rings. The molecule has 0 aliphatic carbocycles. The van der Waals surface area contributed by atoms with Gasteiger partial charge in [0.1, 0.15) is 29.3 Å². The Labute approximate surface area is 301 Å². The molecule has 2 N–H and O–H groups in total. The van der Waals surface area contributed by atoms with Crippen molar-refractivity contribution in [1.82, 2.24) is 15.5 Å². The van der Waals surface area contributed by atoms with Crippen LogP contribution in [0.3, 0.4) is 0 Å². The minimum atomic E-state index is -1.07. The van der Waals surface area contributed by atoms with E-state index >= 15 is 0 Å². The molecular formula is C41H63N3O6. The lowest BCUT2D eigenvalue weighted by atomic mass is 9.95. The van der Waals surface area contributed by atoms with Crippen molar-refractivity contribution in [3.05, 3.63) is 71.3 Å². The molecule has 9 heteroatoms. The van der Waals surface area contributed by atoms with Crippen LogP contribution in [0.5, 0.6) is 0 Å². The van der Waals surface area contributed by atoms with Crippen LogP contribution in [0, 0.1) is 12.8 Å². The van der Waals surface area contributed by atoms with Crippen molar-refractivity contribution in [1.29, 1.82) is 0 Å². The summed E-state index contributed by atoms with van der Waals surface area (Å²) in [5.74, 6) is -1.37. The van der Waals surface area contributed by atoms with E-state index in [2.05, 4.69) is 17.6 Å². The minimum Gasteiger partial charge on any atom is -0.458 e. The minimum absolute atomic E-state index is 0.0583. The first-order chi connectivity index (χ1) is 23.4. The van der Waals surface area contributed by atoms with Crippen LogP contribution in [0.2, 0.25) is 0 Å². The van der Waals surface area contributed by atoms with Gasteiger partial charge < -0.3 is 25.0 Å². The van der Waals surface area contributed by atoms with Crippen LogP contribution in [0.1, 0.15) is 130 Å². The standard InChI is InChI=1S/C41H63N3O6/c1-11-12-13-14-15-21-26-44(37(46)33(27-29(2)3)43-39(48)50-41(8,9)10)35(32-25-20-19-22-30(32)4)36(45)42-34(38(47)49-40(5,6)7)28-31-23-17-16-18-24-31/h16-20,22-25,29,33-35H,11-15,21,26-28H2,1-10H3,(H,42,45)(H,43,48). The van der Waals surface area contributed by atoms with Gasteiger partial charge in [0.25, 0.3) is 0 Å². The normalized spacial score (nSPS) is 13.6. The van der Waals surface area contributed by atoms with Crippen LogP contribution in [-0.2, 0) is 30.3 Å². The second kappa shape index (κ2) is 20.1. The molecule has 50 heavy (non-hydrogen) atoms. The number of aryl methyl sites for hydroxylation is 1. The maximum absolute atomic E-state index is 14.8. The summed E-state index contributed by atoms with van der Waals surface area (Å²) >= 11 is 0. The van der Waals surface area contributed by atoms with Crippen LogP contribution in [-0.4, -0.2) is 58.6 Å². The van der Waals surface area contributed by atoms with Gasteiger partial charge >= 0.3 is 12.1 Å². The van der Waals surface area contributed by atoms with Gasteiger partial charge in [0.15, 0.2) is 0 Å². The molecule has 3 atom stereocenters. The Hall–Kier alpha value is -3.88. The summed E-state index contributed by atoms with van der Waals surface area (Å²) in [5, 5.41) is 5.82. The number of alkyl carbamates (subject to hydrolysis) is 1. The highest BCUT2D eigenvalue weighted by atomic mass is 16.6. The summed E-state index contributed by atoms with van der Waals surface area (Å²) in [6.45, 7) is 19.0. The molecule has 2 aromatic carbocycles. The van der Waals surface area contributed by atoms with Gasteiger partial charge in [-0.25, -0.2) is 9.59 Å². The highest BCUT2D eigenvalue weighted by Gasteiger charge is 2.39. The molecule has 0 spiro atoms. The van der Waals surface area contributed by atoms with Gasteiger partial charge in [-0.2, -0.15) is 0 Å². The van der Waals surface area contributed by atoms with E-state index in [0.717, 1.165) is 43.2 Å². The number of nitrogens with zero attached hydrogens (tertiary/aromatic N) is 1. The molecule has 2 rings (SSSR count). The molecule has 0 heterocycles. The number of nitrogens with one attached hydrogen (secondary N) is 2. The van der Waals surface area contributed by atoms with Crippen molar-refractivity contribution in [2.24, 2.45) is 5.92 Å². The maximum Gasteiger partial charge on any atom is 0.408 e. The van der Waals surface area contributed by atoms with E-state index in [1.807, 2.05) is 75.4 Å². The molecular weight excluding hydrogens is 630 g/mol. The second-order valence-electron chi connectivity index (χ2n) is 15.7. The van der Waals surface area contributed by atoms with Gasteiger partial charge in [-0.1, -0.05) is 107 Å². The molecule has 0 saturated carbocycles. The number of unbranched alkanes of at least 4 members (excludes halogenated alkanes) is 5. The monoisotopic (exact) mass is 693 g/mol. The Kier molecular flexibility index (Phi) is 17.0. The molecule has 0 bridgehead atoms. The number of esters is 1. The lowest BCUT2D eigenvalue weighted by Gasteiger charge is -2.36. The van der Waals surface area contributed by atoms with Crippen molar-refractivity contribution in [3.8, 4) is 0 Å². The fraction of sp³-hybridized carbons (Fsp3) is 0.610. The lowest BCUT2D eigenvalue weighted by Crippen LogP contribution is -2.55. The SMILES string of the molecule is CCCCCCCCN(C(=O)C(CC(C)C)NC(=O)OC(C)(C)C)C(C(=O)NC(Cc1ccccc1)C(=O)OC(C)(C)C)c1ccccc1C. The van der Waals surface area contributed by atoms with E-state index in [1.165, 1.54) is 0 Å². The molecule has 3 amide bonds. The van der Waals surface area contributed by atoms with E-state index in [0.29, 0.717) is 18.4 Å². The Balaban J connectivity index is 2.63. The number of hydrogen-bond acceptors (Lipinski definition) is 6. The number of carbonyl (C=O) groups is 4. The fourth-order valence-electron chi connectivity index (χ4n) is 5.78. The quantitative estimate of drug-likeness (QED) is 0.120. The summed E-state index contributed by atoms with van der Waals surface area (Å²) in [5.41, 5.74) is 0.795. The number of carbonyl (C=O) groups excluding carboxylic acids is 4. The van der Waals surface area contributed by atoms with E-state index in [4.69, 9.17) is 9.47 Å². The number of rotatable bonds is 18. The molecule has 0 saturated heterocycles. The van der Waals surface area contributed by atoms with Crippen molar-refractivity contribution in [3.63, 3.8) is 0 Å². The number of ether oxygens (including phenoxy) is 2. The summed E-state index contributed by atoms with van der Waals surface area (Å²) < 4.78 is 11.3. The van der Waals surface area contributed by atoms with Crippen molar-refractivity contribution >= 4 is 23.9 Å². The Bertz CT molecular complexity index is 1360. The highest BCUT2D eigenvalue weighted by Crippen LogP contribution is 2.28. The number of hydrogen-bond donors (Lipinski definition) is 2. The molecule has 2 aromatic rings. The predicted octanol–water partition coefficient (Wildman–Crippen LogP) is 8.23. The Morgan fingerprint density at radius 2 is 1.32 bits per heavy atom. The zero-order valence-corrected chi connectivity index (χ0v) is 32.3. The first kappa shape index (κ1) is 42.3. The highest BCUT2D eigenvalue weighted by molar-refractivity contribution is 5.94. The van der Waals surface area contributed by atoms with E-state index in [9.17, 15) is 19.2 Å². The van der Waals surface area contributed by atoms with Gasteiger partial charge in [0.05, 0.1) is 0 Å². The average molecular weight is 694 g/mol. The predicted molar refractivity (Wildman–Crippen MR) is 200 cm³/mol. The topological polar surface area (TPSA) is 114 Å². The van der Waals surface area contributed by atoms with Gasteiger partial charge in [-0.05, 0) is 83.9 Å². The lowest BCUT2D eigenvalue weighted by molar-refractivity contribution is -0.159. The number of benzene rings is 2. The molecule has 0 radical (unpaired) electrons. The molecule has 0 aromatic heterocycles. The molecule has 0 aliphatic rings. The van der Waals surface area contributed by atoms with E-state index < -0.39 is 47.3 Å². The second-order valence-corrected chi connectivity index (χ2v) is 15.7.